The Bertz CT molecular complexity index is 1300. The highest BCUT2D eigenvalue weighted by atomic mass is 32.2. The molecule has 0 aliphatic heterocycles. The van der Waals surface area contributed by atoms with Crippen molar-refractivity contribution in [1.82, 2.24) is 10.1 Å². The Kier molecular flexibility index (Phi) is 4.54. The Morgan fingerprint density at radius 3 is 2.45 bits per heavy atom. The number of nitrogens with one attached hydrogen (secondary N) is 1. The third-order valence-electron chi connectivity index (χ3n) is 3.85. The standard InChI is InChI=1S/C17H9F4N3O3S2/c18-10-3-6-13-12(7-10)14(8-28-13)29(25,26)24-11-4-1-9(2-5-11)15-22-16(27-23-15)17(19,20)21/h1-8,24H. The number of aromatic nitrogens is 2. The molecule has 0 fully saturated rings. The number of halogens is 4. The van der Waals surface area contributed by atoms with E-state index in [0.717, 1.165) is 17.4 Å². The molecule has 0 radical (unpaired) electrons. The fourth-order valence-corrected chi connectivity index (χ4v) is 5.07. The first-order valence-corrected chi connectivity index (χ1v) is 10.2. The van der Waals surface area contributed by atoms with Crippen molar-refractivity contribution >= 4 is 37.1 Å². The maximum absolute atomic E-state index is 13.5. The molecule has 0 aliphatic rings. The minimum Gasteiger partial charge on any atom is -0.329 e. The van der Waals surface area contributed by atoms with Gasteiger partial charge >= 0.3 is 12.1 Å². The van der Waals surface area contributed by atoms with Crippen LogP contribution in [0.3, 0.4) is 0 Å². The molecule has 12 heteroatoms. The molecule has 2 aromatic carbocycles. The predicted octanol–water partition coefficient (Wildman–Crippen LogP) is 4.91. The van der Waals surface area contributed by atoms with Gasteiger partial charge in [0.15, 0.2) is 0 Å². The zero-order valence-corrected chi connectivity index (χ0v) is 15.7. The fourth-order valence-electron chi connectivity index (χ4n) is 2.54. The van der Waals surface area contributed by atoms with Gasteiger partial charge in [0.2, 0.25) is 5.82 Å². The molecule has 150 valence electrons. The molecule has 0 amide bonds. The van der Waals surface area contributed by atoms with E-state index in [1.807, 2.05) is 0 Å². The van der Waals surface area contributed by atoms with E-state index in [1.165, 1.54) is 41.8 Å². The summed E-state index contributed by atoms with van der Waals surface area (Å²) in [5, 5.41) is 4.92. The summed E-state index contributed by atoms with van der Waals surface area (Å²) in [7, 11) is -4.01. The number of fused-ring (bicyclic) bond motifs is 1. The Labute approximate surface area is 164 Å². The number of benzene rings is 2. The van der Waals surface area contributed by atoms with Gasteiger partial charge in [0, 0.05) is 26.7 Å². The van der Waals surface area contributed by atoms with E-state index in [0.29, 0.717) is 4.70 Å². The first-order chi connectivity index (χ1) is 13.6. The summed E-state index contributed by atoms with van der Waals surface area (Å²) in [6.45, 7) is 0. The Morgan fingerprint density at radius 1 is 1.07 bits per heavy atom. The van der Waals surface area contributed by atoms with Gasteiger partial charge in [-0.2, -0.15) is 18.2 Å². The van der Waals surface area contributed by atoms with Crippen molar-refractivity contribution in [3.05, 3.63) is 59.6 Å². The fraction of sp³-hybridized carbons (Fsp3) is 0.0588. The molecule has 0 unspecified atom stereocenters. The smallest absolute Gasteiger partial charge is 0.329 e. The molecule has 6 nitrogen and oxygen atoms in total. The second kappa shape index (κ2) is 6.81. The number of alkyl halides is 3. The molecule has 4 aromatic rings. The zero-order valence-electron chi connectivity index (χ0n) is 14.1. The predicted molar refractivity (Wildman–Crippen MR) is 97.3 cm³/mol. The van der Waals surface area contributed by atoms with Crippen LogP contribution in [0, 0.1) is 5.82 Å². The van der Waals surface area contributed by atoms with Crippen LogP contribution >= 0.6 is 11.3 Å². The van der Waals surface area contributed by atoms with Gasteiger partial charge in [-0.3, -0.25) is 4.72 Å². The number of nitrogens with zero attached hydrogens (tertiary/aromatic N) is 2. The topological polar surface area (TPSA) is 85.1 Å². The van der Waals surface area contributed by atoms with E-state index in [4.69, 9.17) is 0 Å². The minimum atomic E-state index is -4.76. The van der Waals surface area contributed by atoms with Gasteiger partial charge in [0.1, 0.15) is 10.7 Å². The molecule has 2 heterocycles. The van der Waals surface area contributed by atoms with Crippen molar-refractivity contribution in [1.29, 1.82) is 0 Å². The number of sulfonamides is 1. The SMILES string of the molecule is O=S(=O)(Nc1ccc(-c2noc(C(F)(F)F)n2)cc1)c1csc2ccc(F)cc12. The molecule has 0 spiro atoms. The van der Waals surface area contributed by atoms with Gasteiger partial charge in [-0.05, 0) is 42.5 Å². The van der Waals surface area contributed by atoms with Crippen LogP contribution in [0.1, 0.15) is 5.89 Å². The molecule has 29 heavy (non-hydrogen) atoms. The van der Waals surface area contributed by atoms with Crippen LogP contribution in [0.2, 0.25) is 0 Å². The maximum Gasteiger partial charge on any atom is 0.471 e. The first kappa shape index (κ1) is 19.3. The number of thiophene rings is 1. The van der Waals surface area contributed by atoms with Gasteiger partial charge in [0.25, 0.3) is 10.0 Å². The lowest BCUT2D eigenvalue weighted by Gasteiger charge is -2.08. The highest BCUT2D eigenvalue weighted by Gasteiger charge is 2.38. The molecule has 2 aromatic heterocycles. The third kappa shape index (κ3) is 3.80. The summed E-state index contributed by atoms with van der Waals surface area (Å²) in [5.41, 5.74) is 0.360. The van der Waals surface area contributed by atoms with Crippen LogP contribution < -0.4 is 4.72 Å². The Morgan fingerprint density at radius 2 is 1.79 bits per heavy atom. The van der Waals surface area contributed by atoms with E-state index in [9.17, 15) is 26.0 Å². The lowest BCUT2D eigenvalue weighted by molar-refractivity contribution is -0.159. The van der Waals surface area contributed by atoms with Crippen LogP contribution in [-0.4, -0.2) is 18.6 Å². The quantitative estimate of drug-likeness (QED) is 0.453. The highest BCUT2D eigenvalue weighted by molar-refractivity contribution is 7.93. The van der Waals surface area contributed by atoms with Crippen molar-refractivity contribution < 1.29 is 30.5 Å². The molecule has 0 saturated heterocycles. The number of anilines is 1. The largest absolute Gasteiger partial charge is 0.471 e. The molecule has 4 rings (SSSR count). The second-order valence-electron chi connectivity index (χ2n) is 5.84. The van der Waals surface area contributed by atoms with Crippen molar-refractivity contribution in [3.63, 3.8) is 0 Å². The van der Waals surface area contributed by atoms with E-state index < -0.39 is 27.9 Å². The van der Waals surface area contributed by atoms with Crippen LogP contribution in [0.4, 0.5) is 23.2 Å². The van der Waals surface area contributed by atoms with E-state index in [1.54, 1.807) is 0 Å². The third-order valence-corrected chi connectivity index (χ3v) is 6.39. The summed E-state index contributed by atoms with van der Waals surface area (Å²) in [6.07, 6.45) is -4.76. The van der Waals surface area contributed by atoms with Crippen LogP contribution in [0.25, 0.3) is 21.5 Å². The maximum atomic E-state index is 13.5. The Hall–Kier alpha value is -2.99. The molecule has 1 N–H and O–H groups in total. The van der Waals surface area contributed by atoms with Gasteiger partial charge in [-0.15, -0.1) is 11.3 Å². The van der Waals surface area contributed by atoms with E-state index in [2.05, 4.69) is 19.4 Å². The molecule has 0 aliphatic carbocycles. The molecular formula is C17H9F4N3O3S2. The van der Waals surface area contributed by atoms with Crippen molar-refractivity contribution in [2.45, 2.75) is 11.1 Å². The minimum absolute atomic E-state index is 0.0749. The van der Waals surface area contributed by atoms with Gasteiger partial charge in [-0.25, -0.2) is 12.8 Å². The molecule has 0 atom stereocenters. The second-order valence-corrected chi connectivity index (χ2v) is 8.41. The highest BCUT2D eigenvalue weighted by Crippen LogP contribution is 2.32. The average Bonchev–Trinajstić information content (AvgIpc) is 3.29. The number of rotatable bonds is 4. The van der Waals surface area contributed by atoms with Crippen molar-refractivity contribution in [3.8, 4) is 11.4 Å². The average molecular weight is 443 g/mol. The number of hydrogen-bond donors (Lipinski definition) is 1. The monoisotopic (exact) mass is 443 g/mol. The molecular weight excluding hydrogens is 434 g/mol. The van der Waals surface area contributed by atoms with Crippen molar-refractivity contribution in [2.75, 3.05) is 4.72 Å². The van der Waals surface area contributed by atoms with Gasteiger partial charge < -0.3 is 4.52 Å². The summed E-state index contributed by atoms with van der Waals surface area (Å²) >= 11 is 1.16. The molecule has 0 saturated carbocycles. The number of hydrogen-bond acceptors (Lipinski definition) is 6. The zero-order chi connectivity index (χ0) is 20.8. The van der Waals surface area contributed by atoms with Crippen LogP contribution in [0.5, 0.6) is 0 Å². The first-order valence-electron chi connectivity index (χ1n) is 7.84. The summed E-state index contributed by atoms with van der Waals surface area (Å²) < 4.78 is 83.6. The lowest BCUT2D eigenvalue weighted by atomic mass is 10.2. The molecule has 0 bridgehead atoms. The van der Waals surface area contributed by atoms with Gasteiger partial charge in [0.05, 0.1) is 0 Å². The van der Waals surface area contributed by atoms with E-state index in [-0.39, 0.29) is 27.4 Å². The normalized spacial score (nSPS) is 12.4. The van der Waals surface area contributed by atoms with Gasteiger partial charge in [-0.1, -0.05) is 5.16 Å². The van der Waals surface area contributed by atoms with E-state index >= 15 is 0 Å². The lowest BCUT2D eigenvalue weighted by Crippen LogP contribution is -2.12. The Balaban J connectivity index is 1.59. The van der Waals surface area contributed by atoms with Crippen molar-refractivity contribution in [2.24, 2.45) is 0 Å². The summed E-state index contributed by atoms with van der Waals surface area (Å²) in [5.74, 6) is -2.32. The summed E-state index contributed by atoms with van der Waals surface area (Å²) in [4.78, 5) is 3.19. The van der Waals surface area contributed by atoms with Crippen LogP contribution in [-0.2, 0) is 16.2 Å². The van der Waals surface area contributed by atoms with Crippen LogP contribution in [0.15, 0.2) is 57.3 Å². The summed E-state index contributed by atoms with van der Waals surface area (Å²) in [6, 6.07) is 9.23.